The Morgan fingerprint density at radius 1 is 1.11 bits per heavy atom. The summed E-state index contributed by atoms with van der Waals surface area (Å²) in [5, 5.41) is 0. The molecule has 3 heteroatoms. The standard InChI is InChI=1S/C15H20FIO/c16-13-8-6-5-7-12(13)11-18-15-10-4-2-1-3-9-14(15)17/h5-8,14-15H,1-4,9-11H2. The fraction of sp³-hybridized carbons (Fsp3) is 0.600. The number of benzene rings is 1. The smallest absolute Gasteiger partial charge is 0.128 e. The van der Waals surface area contributed by atoms with Crippen molar-refractivity contribution in [3.05, 3.63) is 35.6 Å². The van der Waals surface area contributed by atoms with Crippen molar-refractivity contribution in [2.45, 2.75) is 55.2 Å². The summed E-state index contributed by atoms with van der Waals surface area (Å²) in [6.45, 7) is 0.400. The number of hydrogen-bond donors (Lipinski definition) is 0. The molecular weight excluding hydrogens is 342 g/mol. The summed E-state index contributed by atoms with van der Waals surface area (Å²) in [7, 11) is 0. The molecule has 0 aromatic heterocycles. The topological polar surface area (TPSA) is 9.23 Å². The van der Waals surface area contributed by atoms with Gasteiger partial charge in [0.15, 0.2) is 0 Å². The van der Waals surface area contributed by atoms with E-state index in [1.165, 1.54) is 38.2 Å². The fourth-order valence-electron chi connectivity index (χ4n) is 2.41. The van der Waals surface area contributed by atoms with Crippen LogP contribution in [-0.2, 0) is 11.3 Å². The molecule has 18 heavy (non-hydrogen) atoms. The Balaban J connectivity index is 1.89. The van der Waals surface area contributed by atoms with Gasteiger partial charge < -0.3 is 4.74 Å². The summed E-state index contributed by atoms with van der Waals surface area (Å²) in [6, 6.07) is 6.88. The lowest BCUT2D eigenvalue weighted by molar-refractivity contribution is 0.0295. The molecule has 0 heterocycles. The van der Waals surface area contributed by atoms with Gasteiger partial charge in [0.25, 0.3) is 0 Å². The average molecular weight is 362 g/mol. The summed E-state index contributed by atoms with van der Waals surface area (Å²) in [5.41, 5.74) is 0.670. The van der Waals surface area contributed by atoms with Crippen LogP contribution in [-0.4, -0.2) is 10.0 Å². The lowest BCUT2D eigenvalue weighted by atomic mass is 9.98. The minimum Gasteiger partial charge on any atom is -0.372 e. The van der Waals surface area contributed by atoms with Crippen LogP contribution in [0.3, 0.4) is 0 Å². The molecule has 2 atom stereocenters. The molecule has 2 unspecified atom stereocenters. The normalized spacial score (nSPS) is 25.4. The first kappa shape index (κ1) is 14.3. The average Bonchev–Trinajstić information content (AvgIpc) is 2.35. The summed E-state index contributed by atoms with van der Waals surface area (Å²) in [4.78, 5) is 0. The van der Waals surface area contributed by atoms with Gasteiger partial charge >= 0.3 is 0 Å². The zero-order valence-corrected chi connectivity index (χ0v) is 12.7. The van der Waals surface area contributed by atoms with Gasteiger partial charge in [-0.15, -0.1) is 0 Å². The number of rotatable bonds is 3. The van der Waals surface area contributed by atoms with E-state index < -0.39 is 0 Å². The van der Waals surface area contributed by atoms with Crippen LogP contribution in [0.15, 0.2) is 24.3 Å². The zero-order chi connectivity index (χ0) is 12.8. The molecule has 0 amide bonds. The van der Waals surface area contributed by atoms with Crippen LogP contribution < -0.4 is 0 Å². The van der Waals surface area contributed by atoms with Crippen molar-refractivity contribution in [3.63, 3.8) is 0 Å². The molecule has 1 aromatic carbocycles. The lowest BCUT2D eigenvalue weighted by Gasteiger charge is -2.25. The minimum absolute atomic E-state index is 0.159. The molecule has 0 spiro atoms. The van der Waals surface area contributed by atoms with Crippen LogP contribution in [0.1, 0.15) is 44.1 Å². The van der Waals surface area contributed by atoms with Crippen molar-refractivity contribution in [1.82, 2.24) is 0 Å². The first-order valence-corrected chi connectivity index (χ1v) is 8.01. The Bertz CT molecular complexity index is 369. The van der Waals surface area contributed by atoms with Crippen LogP contribution in [0.25, 0.3) is 0 Å². The van der Waals surface area contributed by atoms with Crippen molar-refractivity contribution in [2.75, 3.05) is 0 Å². The monoisotopic (exact) mass is 362 g/mol. The highest BCUT2D eigenvalue weighted by atomic mass is 127. The van der Waals surface area contributed by atoms with Crippen molar-refractivity contribution < 1.29 is 9.13 Å². The maximum Gasteiger partial charge on any atom is 0.128 e. The van der Waals surface area contributed by atoms with Gasteiger partial charge in [-0.3, -0.25) is 0 Å². The molecule has 1 nitrogen and oxygen atoms in total. The predicted molar refractivity (Wildman–Crippen MR) is 80.5 cm³/mol. The number of hydrogen-bond acceptors (Lipinski definition) is 1. The highest BCUT2D eigenvalue weighted by Gasteiger charge is 2.21. The van der Waals surface area contributed by atoms with Gasteiger partial charge in [0.1, 0.15) is 5.82 Å². The molecule has 1 aliphatic rings. The van der Waals surface area contributed by atoms with E-state index in [4.69, 9.17) is 4.74 Å². The summed E-state index contributed by atoms with van der Waals surface area (Å²) >= 11 is 2.49. The molecule has 1 fully saturated rings. The summed E-state index contributed by atoms with van der Waals surface area (Å²) < 4.78 is 20.0. The number of alkyl halides is 1. The van der Waals surface area contributed by atoms with E-state index in [0.29, 0.717) is 16.1 Å². The number of ether oxygens (including phenoxy) is 1. The van der Waals surface area contributed by atoms with Crippen LogP contribution in [0.5, 0.6) is 0 Å². The largest absolute Gasteiger partial charge is 0.372 e. The van der Waals surface area contributed by atoms with Gasteiger partial charge in [-0.25, -0.2) is 4.39 Å². The van der Waals surface area contributed by atoms with Crippen molar-refractivity contribution in [3.8, 4) is 0 Å². The third-order valence-electron chi connectivity index (χ3n) is 3.53. The van der Waals surface area contributed by atoms with E-state index in [9.17, 15) is 4.39 Å². The van der Waals surface area contributed by atoms with E-state index in [1.807, 2.05) is 6.07 Å². The van der Waals surface area contributed by atoms with Gasteiger partial charge in [0.05, 0.1) is 12.7 Å². The number of halogens is 2. The molecule has 1 saturated carbocycles. The first-order chi connectivity index (χ1) is 8.77. The van der Waals surface area contributed by atoms with Gasteiger partial charge in [-0.1, -0.05) is 66.5 Å². The van der Waals surface area contributed by atoms with Crippen LogP contribution >= 0.6 is 22.6 Å². The molecular formula is C15H20FIO. The second-order valence-electron chi connectivity index (χ2n) is 4.95. The van der Waals surface area contributed by atoms with Gasteiger partial charge in [-0.2, -0.15) is 0 Å². The summed E-state index contributed by atoms with van der Waals surface area (Å²) in [5.74, 6) is -0.159. The minimum atomic E-state index is -0.159. The third kappa shape index (κ3) is 4.19. The Morgan fingerprint density at radius 2 is 1.83 bits per heavy atom. The van der Waals surface area contributed by atoms with E-state index in [2.05, 4.69) is 22.6 Å². The van der Waals surface area contributed by atoms with Gasteiger partial charge in [0.2, 0.25) is 0 Å². The van der Waals surface area contributed by atoms with Crippen molar-refractivity contribution in [2.24, 2.45) is 0 Å². The third-order valence-corrected chi connectivity index (χ3v) is 4.96. The van der Waals surface area contributed by atoms with E-state index >= 15 is 0 Å². The Kier molecular flexibility index (Phi) is 5.89. The van der Waals surface area contributed by atoms with Crippen molar-refractivity contribution in [1.29, 1.82) is 0 Å². The Morgan fingerprint density at radius 3 is 2.61 bits per heavy atom. The first-order valence-electron chi connectivity index (χ1n) is 6.76. The van der Waals surface area contributed by atoms with E-state index in [0.717, 1.165) is 6.42 Å². The summed E-state index contributed by atoms with van der Waals surface area (Å²) in [6.07, 6.45) is 7.81. The molecule has 0 radical (unpaired) electrons. The molecule has 2 rings (SSSR count). The molecule has 1 aliphatic carbocycles. The Hall–Kier alpha value is -0.160. The maximum atomic E-state index is 13.5. The maximum absolute atomic E-state index is 13.5. The van der Waals surface area contributed by atoms with Crippen molar-refractivity contribution >= 4 is 22.6 Å². The van der Waals surface area contributed by atoms with Crippen LogP contribution in [0.2, 0.25) is 0 Å². The molecule has 0 bridgehead atoms. The SMILES string of the molecule is Fc1ccccc1COC1CCCCCCC1I. The second kappa shape index (κ2) is 7.43. The highest BCUT2D eigenvalue weighted by Crippen LogP contribution is 2.26. The lowest BCUT2D eigenvalue weighted by Crippen LogP contribution is -2.25. The fourth-order valence-corrected chi connectivity index (χ4v) is 3.41. The van der Waals surface area contributed by atoms with E-state index in [-0.39, 0.29) is 11.9 Å². The van der Waals surface area contributed by atoms with Gasteiger partial charge in [0, 0.05) is 9.49 Å². The quantitative estimate of drug-likeness (QED) is 0.551. The predicted octanol–water partition coefficient (Wildman–Crippen LogP) is 4.87. The molecule has 0 N–H and O–H groups in total. The highest BCUT2D eigenvalue weighted by molar-refractivity contribution is 14.1. The molecule has 100 valence electrons. The van der Waals surface area contributed by atoms with E-state index in [1.54, 1.807) is 12.1 Å². The van der Waals surface area contributed by atoms with Crippen LogP contribution in [0.4, 0.5) is 4.39 Å². The molecule has 0 saturated heterocycles. The van der Waals surface area contributed by atoms with Crippen LogP contribution in [0, 0.1) is 5.82 Å². The molecule has 0 aliphatic heterocycles. The zero-order valence-electron chi connectivity index (χ0n) is 10.6. The second-order valence-corrected chi connectivity index (χ2v) is 6.55. The van der Waals surface area contributed by atoms with Gasteiger partial charge in [-0.05, 0) is 18.9 Å². The molecule has 1 aromatic rings. The Labute approximate surface area is 122 Å².